The van der Waals surface area contributed by atoms with E-state index in [1.807, 2.05) is 6.08 Å². The van der Waals surface area contributed by atoms with Gasteiger partial charge in [0.2, 0.25) is 5.91 Å². The molecule has 19 nitrogen and oxygen atoms in total. The van der Waals surface area contributed by atoms with Crippen molar-refractivity contribution in [2.24, 2.45) is 0 Å². The summed E-state index contributed by atoms with van der Waals surface area (Å²) in [6, 6.07) is -0.979. The summed E-state index contributed by atoms with van der Waals surface area (Å²) in [6.07, 6.45) is 54.5. The van der Waals surface area contributed by atoms with Crippen LogP contribution in [-0.4, -0.2) is 193 Å². The predicted molar refractivity (Wildman–Crippen MR) is 401 cm³/mol. The Morgan fingerprint density at radius 2 is 0.683 bits per heavy atom. The summed E-state index contributed by atoms with van der Waals surface area (Å²) in [6.45, 7) is 1.66. The first-order chi connectivity index (χ1) is 49.3. The maximum absolute atomic E-state index is 13.5. The molecule has 0 aromatic rings. The summed E-state index contributed by atoms with van der Waals surface area (Å²) >= 11 is 0. The van der Waals surface area contributed by atoms with Crippen LogP contribution >= 0.6 is 0 Å². The summed E-state index contributed by atoms with van der Waals surface area (Å²) in [5.74, 6) is -0.275. The third-order valence-electron chi connectivity index (χ3n) is 20.0. The Morgan fingerprint density at radius 1 is 0.366 bits per heavy atom. The van der Waals surface area contributed by atoms with Gasteiger partial charge >= 0.3 is 0 Å². The molecule has 0 aliphatic carbocycles. The molecule has 0 saturated carbocycles. The zero-order chi connectivity index (χ0) is 73.2. The van der Waals surface area contributed by atoms with Crippen molar-refractivity contribution < 1.29 is 89.4 Å². The van der Waals surface area contributed by atoms with Crippen LogP contribution in [-0.2, 0) is 33.2 Å². The number of hydrogen-bond donors (Lipinski definition) is 12. The average molecular weight is 1440 g/mol. The number of allylic oxidation sites excluding steroid dienone is 11. The van der Waals surface area contributed by atoms with E-state index >= 15 is 0 Å². The molecular weight excluding hydrogens is 1290 g/mol. The molecule has 3 heterocycles. The Balaban J connectivity index is 1.38. The average Bonchev–Trinajstić information content (AvgIpc) is 0.796. The molecule has 1 amide bonds. The van der Waals surface area contributed by atoms with Crippen LogP contribution in [0.5, 0.6) is 0 Å². The van der Waals surface area contributed by atoms with Crippen molar-refractivity contribution in [3.05, 3.63) is 72.9 Å². The van der Waals surface area contributed by atoms with Crippen molar-refractivity contribution in [2.75, 3.05) is 26.4 Å². The number of nitrogens with one attached hydrogen (secondary N) is 1. The third-order valence-corrected chi connectivity index (χ3v) is 20.0. The monoisotopic (exact) mass is 1430 g/mol. The lowest BCUT2D eigenvalue weighted by atomic mass is 9.96. The van der Waals surface area contributed by atoms with E-state index in [2.05, 4.69) is 79.9 Å². The highest BCUT2D eigenvalue weighted by Crippen LogP contribution is 2.33. The summed E-state index contributed by atoms with van der Waals surface area (Å²) < 4.78 is 34.5. The van der Waals surface area contributed by atoms with Crippen LogP contribution in [0.15, 0.2) is 72.9 Å². The number of aliphatic hydroxyl groups is 11. The van der Waals surface area contributed by atoms with Crippen LogP contribution in [0.3, 0.4) is 0 Å². The molecule has 0 radical (unpaired) electrons. The molecule has 19 heteroatoms. The molecule has 3 saturated heterocycles. The van der Waals surface area contributed by atoms with Gasteiger partial charge in [-0.25, -0.2) is 0 Å². The molecule has 0 spiro atoms. The Kier molecular flexibility index (Phi) is 57.0. The smallest absolute Gasteiger partial charge is 0.220 e. The fourth-order valence-electron chi connectivity index (χ4n) is 13.5. The summed E-state index contributed by atoms with van der Waals surface area (Å²) in [5, 5.41) is 121. The van der Waals surface area contributed by atoms with Gasteiger partial charge in [0.25, 0.3) is 0 Å². The lowest BCUT2D eigenvalue weighted by Crippen LogP contribution is -2.66. The van der Waals surface area contributed by atoms with Gasteiger partial charge in [0.05, 0.1) is 38.6 Å². The Labute approximate surface area is 610 Å². The lowest BCUT2D eigenvalue weighted by molar-refractivity contribution is -0.379. The fraction of sp³-hybridized carbons (Fsp3) is 0.841. The lowest BCUT2D eigenvalue weighted by Gasteiger charge is -2.48. The minimum Gasteiger partial charge on any atom is -0.394 e. The molecule has 17 unspecified atom stereocenters. The van der Waals surface area contributed by atoms with Crippen LogP contribution in [0.2, 0.25) is 0 Å². The minimum atomic E-state index is -1.98. The Morgan fingerprint density at radius 3 is 1.07 bits per heavy atom. The van der Waals surface area contributed by atoms with Crippen LogP contribution in [0, 0.1) is 0 Å². The molecule has 3 fully saturated rings. The van der Waals surface area contributed by atoms with E-state index in [-0.39, 0.29) is 18.9 Å². The van der Waals surface area contributed by atoms with Gasteiger partial charge in [-0.3, -0.25) is 4.79 Å². The van der Waals surface area contributed by atoms with Crippen molar-refractivity contribution in [1.82, 2.24) is 5.32 Å². The molecule has 0 aromatic heterocycles. The van der Waals surface area contributed by atoms with Gasteiger partial charge in [0.1, 0.15) is 73.2 Å². The van der Waals surface area contributed by atoms with Crippen LogP contribution < -0.4 is 5.32 Å². The second-order valence-electron chi connectivity index (χ2n) is 28.9. The van der Waals surface area contributed by atoms with Gasteiger partial charge in [-0.1, -0.05) is 311 Å². The number of ether oxygens (including phenoxy) is 6. The van der Waals surface area contributed by atoms with E-state index in [1.165, 1.54) is 199 Å². The quantitative estimate of drug-likeness (QED) is 0.0199. The molecule has 588 valence electrons. The Hall–Kier alpha value is -2.77. The van der Waals surface area contributed by atoms with Crippen molar-refractivity contribution >= 4 is 5.91 Å². The van der Waals surface area contributed by atoms with Gasteiger partial charge in [-0.05, 0) is 64.2 Å². The molecule has 3 aliphatic heterocycles. The topological polar surface area (TPSA) is 307 Å². The number of hydrogen-bond acceptors (Lipinski definition) is 18. The first-order valence-corrected chi connectivity index (χ1v) is 40.7. The number of unbranched alkanes of at least 4 members (excludes halogenated alkanes) is 38. The molecule has 12 N–H and O–H groups in total. The number of rotatable bonds is 64. The second kappa shape index (κ2) is 62.3. The standard InChI is InChI=1S/C82H147NO18/c1-3-5-7-9-11-13-15-17-19-21-23-25-27-29-31-32-34-36-38-40-42-44-46-48-50-52-54-56-58-60-70(88)83-65(66(87)59-57-55-53-51-49-47-45-43-41-39-37-35-33-30-28-26-24-22-20-18-16-14-12-10-8-6-4-2)64-96-80-76(94)73(91)78(68(62-85)98-80)101-82-77(95)74(92)79(69(63-86)99-82)100-81-75(93)72(90)71(89)67(61-84)97-81/h5,7,11,13,17,19,23,25,29,31,57,59,65-69,71-82,84-87,89-95H,3-4,6,8-10,12,14-16,18,20-22,24,26-28,30,32-56,58,60-64H2,1-2H3,(H,83,88)/b7-5-,13-11-,19-17-,25-23-,31-29-,59-57+. The Bertz CT molecular complexity index is 2110. The molecule has 17 atom stereocenters. The number of carbonyl (C=O) groups is 1. The zero-order valence-corrected chi connectivity index (χ0v) is 62.9. The van der Waals surface area contributed by atoms with Crippen LogP contribution in [0.1, 0.15) is 309 Å². The number of carbonyl (C=O) groups excluding carboxylic acids is 1. The number of amides is 1. The van der Waals surface area contributed by atoms with E-state index in [0.29, 0.717) is 6.42 Å². The number of aliphatic hydroxyl groups excluding tert-OH is 11. The van der Waals surface area contributed by atoms with Gasteiger partial charge < -0.3 is 89.9 Å². The molecular formula is C82H147NO18. The van der Waals surface area contributed by atoms with Crippen LogP contribution in [0.4, 0.5) is 0 Å². The molecule has 0 aromatic carbocycles. The van der Waals surface area contributed by atoms with Crippen molar-refractivity contribution in [3.63, 3.8) is 0 Å². The molecule has 101 heavy (non-hydrogen) atoms. The van der Waals surface area contributed by atoms with Gasteiger partial charge in [0.15, 0.2) is 18.9 Å². The highest BCUT2D eigenvalue weighted by molar-refractivity contribution is 5.76. The maximum atomic E-state index is 13.5. The summed E-state index contributed by atoms with van der Waals surface area (Å²) in [5.41, 5.74) is 0. The minimum absolute atomic E-state index is 0.239. The highest BCUT2D eigenvalue weighted by Gasteiger charge is 2.54. The van der Waals surface area contributed by atoms with Gasteiger partial charge in [-0.2, -0.15) is 0 Å². The fourth-order valence-corrected chi connectivity index (χ4v) is 13.5. The molecule has 3 aliphatic rings. The molecule has 0 bridgehead atoms. The summed E-state index contributed by atoms with van der Waals surface area (Å²) in [4.78, 5) is 13.5. The van der Waals surface area contributed by atoms with Crippen molar-refractivity contribution in [2.45, 2.75) is 413 Å². The van der Waals surface area contributed by atoms with E-state index in [1.54, 1.807) is 6.08 Å². The zero-order valence-electron chi connectivity index (χ0n) is 62.9. The van der Waals surface area contributed by atoms with Crippen LogP contribution in [0.25, 0.3) is 0 Å². The van der Waals surface area contributed by atoms with Crippen molar-refractivity contribution in [3.8, 4) is 0 Å². The van der Waals surface area contributed by atoms with Gasteiger partial charge in [0, 0.05) is 6.42 Å². The summed E-state index contributed by atoms with van der Waals surface area (Å²) in [7, 11) is 0. The second-order valence-corrected chi connectivity index (χ2v) is 28.9. The first kappa shape index (κ1) is 92.4. The van der Waals surface area contributed by atoms with E-state index in [9.17, 15) is 61.0 Å². The van der Waals surface area contributed by atoms with E-state index in [4.69, 9.17) is 28.4 Å². The predicted octanol–water partition coefficient (Wildman–Crippen LogP) is 13.6. The largest absolute Gasteiger partial charge is 0.394 e. The van der Waals surface area contributed by atoms with Crippen molar-refractivity contribution in [1.29, 1.82) is 0 Å². The third kappa shape index (κ3) is 42.4. The molecule has 3 rings (SSSR count). The first-order valence-electron chi connectivity index (χ1n) is 40.7. The maximum Gasteiger partial charge on any atom is 0.220 e. The van der Waals surface area contributed by atoms with E-state index in [0.717, 1.165) is 83.5 Å². The van der Waals surface area contributed by atoms with E-state index < -0.39 is 124 Å². The SMILES string of the molecule is CC/C=C\C/C=C\C/C=C\C/C=C\C/C=C\CCCCCCCCCCCCCCCC(=O)NC(COC1OC(CO)C(OC2OC(CO)C(OC3OC(CO)C(O)C(O)C3O)C(O)C2O)C(O)C1O)C(O)/C=C/CCCCCCCCCCCCCCCCCCCCCCCCCCC. The normalized spacial score (nSPS) is 26.7. The highest BCUT2D eigenvalue weighted by atomic mass is 16.8. The van der Waals surface area contributed by atoms with Gasteiger partial charge in [-0.15, -0.1) is 0 Å².